The molecule has 2 aromatic rings. The van der Waals surface area contributed by atoms with Crippen LogP contribution < -0.4 is 4.74 Å². The molecule has 2 aromatic carbocycles. The predicted molar refractivity (Wildman–Crippen MR) is 81.2 cm³/mol. The number of hydrogen-bond donors (Lipinski definition) is 0. The van der Waals surface area contributed by atoms with Gasteiger partial charge in [-0.1, -0.05) is 36.8 Å². The summed E-state index contributed by atoms with van der Waals surface area (Å²) in [5.41, 5.74) is 1.08. The van der Waals surface area contributed by atoms with E-state index >= 15 is 0 Å². The van der Waals surface area contributed by atoms with Gasteiger partial charge in [0, 0.05) is 6.42 Å². The third-order valence-electron chi connectivity index (χ3n) is 3.30. The van der Waals surface area contributed by atoms with Gasteiger partial charge in [-0.2, -0.15) is 13.2 Å². The molecule has 1 nitrogen and oxygen atoms in total. The Hall–Kier alpha value is -1.97. The van der Waals surface area contributed by atoms with E-state index in [0.29, 0.717) is 6.42 Å². The summed E-state index contributed by atoms with van der Waals surface area (Å²) in [5, 5.41) is 0. The van der Waals surface area contributed by atoms with E-state index in [4.69, 9.17) is 4.74 Å². The van der Waals surface area contributed by atoms with Gasteiger partial charge in [-0.15, -0.1) is 0 Å². The van der Waals surface area contributed by atoms with Crippen molar-refractivity contribution in [1.29, 1.82) is 0 Å². The number of aryl methyl sites for hydroxylation is 1. The molecule has 2 rings (SSSR count). The average Bonchev–Trinajstić information content (AvgIpc) is 2.47. The molecule has 0 aliphatic heterocycles. The summed E-state index contributed by atoms with van der Waals surface area (Å²) in [6.45, 7) is 0. The third-order valence-corrected chi connectivity index (χ3v) is 3.30. The molecule has 0 bridgehead atoms. The van der Waals surface area contributed by atoms with E-state index in [9.17, 15) is 13.2 Å². The van der Waals surface area contributed by atoms with Gasteiger partial charge >= 0.3 is 6.18 Å². The quantitative estimate of drug-likeness (QED) is 0.558. The summed E-state index contributed by atoms with van der Waals surface area (Å²) >= 11 is 0. The highest BCUT2D eigenvalue weighted by molar-refractivity contribution is 5.33. The van der Waals surface area contributed by atoms with Crippen molar-refractivity contribution in [2.75, 3.05) is 0 Å². The van der Waals surface area contributed by atoms with Crippen molar-refractivity contribution in [2.45, 2.75) is 38.3 Å². The molecule has 0 spiro atoms. The lowest BCUT2D eigenvalue weighted by Crippen LogP contribution is -2.06. The molecule has 0 aliphatic rings. The minimum atomic E-state index is -4.04. The second kappa shape index (κ2) is 7.87. The second-order valence-corrected chi connectivity index (χ2v) is 5.24. The largest absolute Gasteiger partial charge is 0.457 e. The molecule has 0 atom stereocenters. The van der Waals surface area contributed by atoms with Gasteiger partial charge in [0.15, 0.2) is 0 Å². The Kier molecular flexibility index (Phi) is 5.87. The minimum absolute atomic E-state index is 0.198. The molecule has 0 heterocycles. The molecular formula is C18H19F3O. The highest BCUT2D eigenvalue weighted by atomic mass is 19.4. The second-order valence-electron chi connectivity index (χ2n) is 5.24. The van der Waals surface area contributed by atoms with Crippen LogP contribution >= 0.6 is 0 Å². The van der Waals surface area contributed by atoms with Crippen LogP contribution in [-0.2, 0) is 6.42 Å². The number of ether oxygens (including phenoxy) is 1. The number of benzene rings is 2. The first-order valence-electron chi connectivity index (χ1n) is 7.41. The maximum atomic E-state index is 12.0. The van der Waals surface area contributed by atoms with Gasteiger partial charge in [-0.25, -0.2) is 0 Å². The summed E-state index contributed by atoms with van der Waals surface area (Å²) in [4.78, 5) is 0. The zero-order valence-electron chi connectivity index (χ0n) is 12.3. The lowest BCUT2D eigenvalue weighted by Gasteiger charge is -2.08. The normalized spacial score (nSPS) is 11.4. The molecule has 22 heavy (non-hydrogen) atoms. The van der Waals surface area contributed by atoms with Gasteiger partial charge in [0.05, 0.1) is 0 Å². The van der Waals surface area contributed by atoms with Gasteiger partial charge < -0.3 is 4.74 Å². The maximum absolute atomic E-state index is 12.0. The van der Waals surface area contributed by atoms with Crippen LogP contribution in [-0.4, -0.2) is 6.18 Å². The number of rotatable bonds is 7. The van der Waals surface area contributed by atoms with Crippen molar-refractivity contribution < 1.29 is 17.9 Å². The number of hydrogen-bond acceptors (Lipinski definition) is 1. The fraction of sp³-hybridized carbons (Fsp3) is 0.333. The molecule has 0 fully saturated rings. The molecule has 0 amide bonds. The zero-order valence-corrected chi connectivity index (χ0v) is 12.3. The monoisotopic (exact) mass is 308 g/mol. The van der Waals surface area contributed by atoms with E-state index in [1.54, 1.807) is 0 Å². The average molecular weight is 308 g/mol. The van der Waals surface area contributed by atoms with Gasteiger partial charge in [-0.3, -0.25) is 0 Å². The van der Waals surface area contributed by atoms with Crippen LogP contribution in [0.25, 0.3) is 0 Å². The Balaban J connectivity index is 1.79. The Labute approximate surface area is 128 Å². The topological polar surface area (TPSA) is 9.23 Å². The molecule has 0 N–H and O–H groups in total. The van der Waals surface area contributed by atoms with Crippen LogP contribution in [0.15, 0.2) is 54.6 Å². The van der Waals surface area contributed by atoms with Gasteiger partial charge in [0.25, 0.3) is 0 Å². The molecule has 0 unspecified atom stereocenters. The molecule has 0 radical (unpaired) electrons. The van der Waals surface area contributed by atoms with Gasteiger partial charge in [0.1, 0.15) is 11.5 Å². The lowest BCUT2D eigenvalue weighted by molar-refractivity contribution is -0.135. The summed E-state index contributed by atoms with van der Waals surface area (Å²) in [6.07, 6.45) is -2.42. The molecular weight excluding hydrogens is 289 g/mol. The fourth-order valence-electron chi connectivity index (χ4n) is 2.22. The van der Waals surface area contributed by atoms with Gasteiger partial charge in [0.2, 0.25) is 0 Å². The number of unbranched alkanes of at least 4 members (excludes halogenated alkanes) is 2. The molecule has 4 heteroatoms. The Morgan fingerprint density at radius 3 is 2.23 bits per heavy atom. The zero-order chi connectivity index (χ0) is 15.8. The van der Waals surface area contributed by atoms with E-state index in [-0.39, 0.29) is 6.42 Å². The van der Waals surface area contributed by atoms with Crippen molar-refractivity contribution in [3.8, 4) is 11.5 Å². The molecule has 0 aromatic heterocycles. The molecule has 0 aliphatic carbocycles. The highest BCUT2D eigenvalue weighted by Crippen LogP contribution is 2.24. The van der Waals surface area contributed by atoms with E-state index in [1.807, 2.05) is 54.6 Å². The van der Waals surface area contributed by atoms with E-state index in [1.165, 1.54) is 0 Å². The van der Waals surface area contributed by atoms with E-state index in [2.05, 4.69) is 0 Å². The molecule has 0 saturated carbocycles. The van der Waals surface area contributed by atoms with E-state index in [0.717, 1.165) is 29.9 Å². The van der Waals surface area contributed by atoms with Crippen LogP contribution in [0, 0.1) is 0 Å². The Morgan fingerprint density at radius 2 is 1.50 bits per heavy atom. The Morgan fingerprint density at radius 1 is 0.773 bits per heavy atom. The van der Waals surface area contributed by atoms with Crippen molar-refractivity contribution in [3.63, 3.8) is 0 Å². The standard InChI is InChI=1S/C18H19F3O/c19-18(20,21)13-6-2-3-8-15-9-7-12-17(14-15)22-16-10-4-1-5-11-16/h1,4-5,7,9-12,14H,2-3,6,8,13H2. The number of para-hydroxylation sites is 1. The van der Waals surface area contributed by atoms with E-state index < -0.39 is 12.6 Å². The van der Waals surface area contributed by atoms with Crippen molar-refractivity contribution in [1.82, 2.24) is 0 Å². The summed E-state index contributed by atoms with van der Waals surface area (Å²) in [6, 6.07) is 17.2. The van der Waals surface area contributed by atoms with Gasteiger partial charge in [-0.05, 0) is 49.1 Å². The minimum Gasteiger partial charge on any atom is -0.457 e. The fourth-order valence-corrected chi connectivity index (χ4v) is 2.22. The first kappa shape index (κ1) is 16.4. The SMILES string of the molecule is FC(F)(F)CCCCCc1cccc(Oc2ccccc2)c1. The van der Waals surface area contributed by atoms with Crippen LogP contribution in [0.3, 0.4) is 0 Å². The van der Waals surface area contributed by atoms with Crippen LogP contribution in [0.1, 0.15) is 31.2 Å². The van der Waals surface area contributed by atoms with Crippen molar-refractivity contribution in [3.05, 3.63) is 60.2 Å². The number of alkyl halides is 3. The Bertz CT molecular complexity index is 564. The lowest BCUT2D eigenvalue weighted by atomic mass is 10.1. The third kappa shape index (κ3) is 6.20. The smallest absolute Gasteiger partial charge is 0.389 e. The first-order valence-corrected chi connectivity index (χ1v) is 7.41. The van der Waals surface area contributed by atoms with Crippen LogP contribution in [0.4, 0.5) is 13.2 Å². The summed E-state index contributed by atoms with van der Waals surface area (Å²) in [7, 11) is 0. The van der Waals surface area contributed by atoms with Crippen LogP contribution in [0.5, 0.6) is 11.5 Å². The summed E-state index contributed by atoms with van der Waals surface area (Å²) < 4.78 is 41.9. The first-order chi connectivity index (χ1) is 10.5. The highest BCUT2D eigenvalue weighted by Gasteiger charge is 2.25. The van der Waals surface area contributed by atoms with Crippen molar-refractivity contribution in [2.24, 2.45) is 0 Å². The maximum Gasteiger partial charge on any atom is 0.389 e. The predicted octanol–water partition coefficient (Wildman–Crippen LogP) is 6.14. The molecule has 0 saturated heterocycles. The van der Waals surface area contributed by atoms with Crippen LogP contribution in [0.2, 0.25) is 0 Å². The van der Waals surface area contributed by atoms with Crippen molar-refractivity contribution >= 4 is 0 Å². The summed E-state index contributed by atoms with van der Waals surface area (Å²) in [5.74, 6) is 1.52. The number of halogens is 3. The molecule has 118 valence electrons.